The summed E-state index contributed by atoms with van der Waals surface area (Å²) in [7, 11) is 0. The molecule has 1 heterocycles. The Morgan fingerprint density at radius 2 is 1.80 bits per heavy atom. The zero-order valence-electron chi connectivity index (χ0n) is 12.7. The first-order valence-corrected chi connectivity index (χ1v) is 7.41. The van der Waals surface area contributed by atoms with E-state index >= 15 is 0 Å². The lowest BCUT2D eigenvalue weighted by molar-refractivity contribution is -0.0699. The van der Waals surface area contributed by atoms with Crippen LogP contribution in [0.5, 0.6) is 11.5 Å². The van der Waals surface area contributed by atoms with E-state index in [0.717, 1.165) is 31.1 Å². The number of nitrogens with zero attached hydrogens (tertiary/aromatic N) is 1. The first kappa shape index (κ1) is 15.1. The van der Waals surface area contributed by atoms with Crippen molar-refractivity contribution in [2.24, 2.45) is 0 Å². The van der Waals surface area contributed by atoms with Gasteiger partial charge in [0.2, 0.25) is 0 Å². The summed E-state index contributed by atoms with van der Waals surface area (Å²) >= 11 is 0. The summed E-state index contributed by atoms with van der Waals surface area (Å²) in [6.45, 7) is 10.5. The Morgan fingerprint density at radius 3 is 2.45 bits per heavy atom. The van der Waals surface area contributed by atoms with Crippen LogP contribution in [0, 0.1) is 0 Å². The van der Waals surface area contributed by atoms with Gasteiger partial charge in [-0.2, -0.15) is 0 Å². The molecule has 1 aliphatic rings. The lowest BCUT2D eigenvalue weighted by atomic mass is 10.2. The number of ether oxygens (including phenoxy) is 3. The molecule has 0 bridgehead atoms. The molecule has 1 aromatic carbocycles. The Labute approximate surface area is 121 Å². The topological polar surface area (TPSA) is 30.9 Å². The van der Waals surface area contributed by atoms with Gasteiger partial charge in [-0.1, -0.05) is 6.07 Å². The molecule has 0 amide bonds. The predicted octanol–water partition coefficient (Wildman–Crippen LogP) is 2.57. The second-order valence-corrected chi connectivity index (χ2v) is 5.27. The van der Waals surface area contributed by atoms with Crippen molar-refractivity contribution >= 4 is 0 Å². The Hall–Kier alpha value is -1.26. The summed E-state index contributed by atoms with van der Waals surface area (Å²) in [5.74, 6) is 1.73. The summed E-state index contributed by atoms with van der Waals surface area (Å²) < 4.78 is 17.0. The normalized spacial score (nSPS) is 23.6. The highest BCUT2D eigenvalue weighted by atomic mass is 16.5. The summed E-state index contributed by atoms with van der Waals surface area (Å²) in [4.78, 5) is 2.39. The van der Waals surface area contributed by atoms with E-state index in [2.05, 4.69) is 18.7 Å². The van der Waals surface area contributed by atoms with E-state index in [1.54, 1.807) is 0 Å². The van der Waals surface area contributed by atoms with E-state index in [4.69, 9.17) is 14.2 Å². The van der Waals surface area contributed by atoms with E-state index in [9.17, 15) is 0 Å². The van der Waals surface area contributed by atoms with Gasteiger partial charge in [0.05, 0.1) is 18.8 Å². The lowest BCUT2D eigenvalue weighted by Gasteiger charge is -2.35. The first-order chi connectivity index (χ1) is 9.67. The lowest BCUT2D eigenvalue weighted by Crippen LogP contribution is -2.46. The van der Waals surface area contributed by atoms with Crippen LogP contribution in [0.25, 0.3) is 0 Å². The van der Waals surface area contributed by atoms with Gasteiger partial charge in [0.15, 0.2) is 0 Å². The summed E-state index contributed by atoms with van der Waals surface area (Å²) in [6.07, 6.45) is 0.611. The zero-order valence-corrected chi connectivity index (χ0v) is 12.7. The molecule has 0 spiro atoms. The van der Waals surface area contributed by atoms with Crippen LogP contribution in [0.15, 0.2) is 24.3 Å². The van der Waals surface area contributed by atoms with Crippen LogP contribution >= 0.6 is 0 Å². The molecule has 0 aliphatic carbocycles. The van der Waals surface area contributed by atoms with Gasteiger partial charge in [-0.15, -0.1) is 0 Å². The highest BCUT2D eigenvalue weighted by Gasteiger charge is 2.21. The molecule has 0 aromatic heterocycles. The third kappa shape index (κ3) is 4.69. The molecule has 0 radical (unpaired) electrons. The fraction of sp³-hybridized carbons (Fsp3) is 0.625. The third-order valence-corrected chi connectivity index (χ3v) is 3.29. The Balaban J connectivity index is 1.76. The zero-order chi connectivity index (χ0) is 14.4. The van der Waals surface area contributed by atoms with Gasteiger partial charge in [-0.3, -0.25) is 4.90 Å². The molecular formula is C16H25NO3. The largest absolute Gasteiger partial charge is 0.494 e. The van der Waals surface area contributed by atoms with Gasteiger partial charge < -0.3 is 14.2 Å². The van der Waals surface area contributed by atoms with Crippen molar-refractivity contribution in [3.8, 4) is 11.5 Å². The van der Waals surface area contributed by atoms with Crippen molar-refractivity contribution in [2.75, 3.05) is 32.8 Å². The first-order valence-electron chi connectivity index (χ1n) is 7.41. The van der Waals surface area contributed by atoms with Crippen LogP contribution in [0.1, 0.15) is 20.8 Å². The molecule has 2 atom stereocenters. The van der Waals surface area contributed by atoms with Gasteiger partial charge >= 0.3 is 0 Å². The van der Waals surface area contributed by atoms with Crippen LogP contribution in [0.2, 0.25) is 0 Å². The minimum absolute atomic E-state index is 0.306. The van der Waals surface area contributed by atoms with E-state index in [1.807, 2.05) is 31.2 Å². The highest BCUT2D eigenvalue weighted by Crippen LogP contribution is 2.19. The number of hydrogen-bond acceptors (Lipinski definition) is 4. The molecular weight excluding hydrogens is 254 g/mol. The van der Waals surface area contributed by atoms with Gasteiger partial charge in [0.25, 0.3) is 0 Å². The van der Waals surface area contributed by atoms with E-state index in [0.29, 0.717) is 25.4 Å². The number of benzene rings is 1. The van der Waals surface area contributed by atoms with E-state index < -0.39 is 0 Å². The van der Waals surface area contributed by atoms with Crippen molar-refractivity contribution in [3.63, 3.8) is 0 Å². The fourth-order valence-corrected chi connectivity index (χ4v) is 2.58. The Bertz CT molecular complexity index is 400. The predicted molar refractivity (Wildman–Crippen MR) is 79.6 cm³/mol. The molecule has 4 heteroatoms. The van der Waals surface area contributed by atoms with Crippen molar-refractivity contribution in [1.29, 1.82) is 0 Å². The quantitative estimate of drug-likeness (QED) is 0.801. The molecule has 112 valence electrons. The molecule has 0 N–H and O–H groups in total. The molecule has 0 saturated carbocycles. The van der Waals surface area contributed by atoms with Crippen LogP contribution < -0.4 is 9.47 Å². The third-order valence-electron chi connectivity index (χ3n) is 3.29. The molecule has 1 aliphatic heterocycles. The van der Waals surface area contributed by atoms with Gasteiger partial charge in [-0.25, -0.2) is 0 Å². The molecule has 1 fully saturated rings. The van der Waals surface area contributed by atoms with Crippen molar-refractivity contribution in [3.05, 3.63) is 24.3 Å². The maximum atomic E-state index is 5.80. The maximum Gasteiger partial charge on any atom is 0.123 e. The Kier molecular flexibility index (Phi) is 5.68. The molecule has 1 saturated heterocycles. The maximum absolute atomic E-state index is 5.80. The second kappa shape index (κ2) is 7.50. The van der Waals surface area contributed by atoms with Crippen LogP contribution in [0.3, 0.4) is 0 Å². The second-order valence-electron chi connectivity index (χ2n) is 5.27. The van der Waals surface area contributed by atoms with E-state index in [1.165, 1.54) is 0 Å². The standard InChI is InChI=1S/C16H25NO3/c1-4-18-15-6-5-7-16(10-15)19-9-8-17-11-13(2)20-14(3)12-17/h5-7,10,13-14H,4,8-9,11-12H2,1-3H3/t13-,14+. The van der Waals surface area contributed by atoms with Gasteiger partial charge in [0.1, 0.15) is 18.1 Å². The molecule has 20 heavy (non-hydrogen) atoms. The molecule has 4 nitrogen and oxygen atoms in total. The molecule has 0 unspecified atom stereocenters. The smallest absolute Gasteiger partial charge is 0.123 e. The minimum atomic E-state index is 0.306. The van der Waals surface area contributed by atoms with E-state index in [-0.39, 0.29) is 0 Å². The number of morpholine rings is 1. The van der Waals surface area contributed by atoms with Crippen molar-refractivity contribution < 1.29 is 14.2 Å². The minimum Gasteiger partial charge on any atom is -0.494 e. The Morgan fingerprint density at radius 1 is 1.15 bits per heavy atom. The molecule has 1 aromatic rings. The monoisotopic (exact) mass is 279 g/mol. The average molecular weight is 279 g/mol. The summed E-state index contributed by atoms with van der Waals surface area (Å²) in [5, 5.41) is 0. The van der Waals surface area contributed by atoms with Crippen LogP contribution in [-0.4, -0.2) is 50.0 Å². The highest BCUT2D eigenvalue weighted by molar-refractivity contribution is 5.32. The number of hydrogen-bond donors (Lipinski definition) is 0. The molecule has 2 rings (SSSR count). The summed E-state index contributed by atoms with van der Waals surface area (Å²) in [6, 6.07) is 7.81. The van der Waals surface area contributed by atoms with Crippen molar-refractivity contribution in [2.45, 2.75) is 33.0 Å². The average Bonchev–Trinajstić information content (AvgIpc) is 2.38. The number of rotatable bonds is 6. The summed E-state index contributed by atoms with van der Waals surface area (Å²) in [5.41, 5.74) is 0. The van der Waals surface area contributed by atoms with Gasteiger partial charge in [-0.05, 0) is 32.9 Å². The van der Waals surface area contributed by atoms with Crippen LogP contribution in [-0.2, 0) is 4.74 Å². The fourth-order valence-electron chi connectivity index (χ4n) is 2.58. The SMILES string of the molecule is CCOc1cccc(OCCN2C[C@@H](C)O[C@@H](C)C2)c1. The van der Waals surface area contributed by atoms with Crippen LogP contribution in [0.4, 0.5) is 0 Å². The van der Waals surface area contributed by atoms with Crippen molar-refractivity contribution in [1.82, 2.24) is 4.90 Å². The van der Waals surface area contributed by atoms with Gasteiger partial charge in [0, 0.05) is 25.7 Å².